The number of rotatable bonds is 7. The Kier molecular flexibility index (Phi) is 7.65. The molecular formula is C17H34N4. The maximum Gasteiger partial charge on any atom is 0.105 e. The maximum atomic E-state index is 9.54. The van der Waals surface area contributed by atoms with Gasteiger partial charge in [0.05, 0.1) is 6.07 Å². The first kappa shape index (κ1) is 18.4. The average Bonchev–Trinajstić information content (AvgIpc) is 2.66. The van der Waals surface area contributed by atoms with Crippen molar-refractivity contribution in [2.45, 2.75) is 71.0 Å². The Bertz CT molecular complexity index is 338. The fraction of sp³-hybridized carbons (Fsp3) is 0.941. The summed E-state index contributed by atoms with van der Waals surface area (Å²) < 4.78 is 0. The second-order valence-corrected chi connectivity index (χ2v) is 6.84. The number of hydrogen-bond donors (Lipinski definition) is 1. The van der Waals surface area contributed by atoms with Crippen LogP contribution in [0.2, 0.25) is 0 Å². The number of likely N-dealkylation sites (N-methyl/N-ethyl adjacent to an activating group) is 1. The second-order valence-electron chi connectivity index (χ2n) is 6.84. The van der Waals surface area contributed by atoms with Crippen molar-refractivity contribution in [3.8, 4) is 6.07 Å². The van der Waals surface area contributed by atoms with Crippen LogP contribution in [0, 0.1) is 11.3 Å². The smallest absolute Gasteiger partial charge is 0.105 e. The fourth-order valence-corrected chi connectivity index (χ4v) is 3.47. The summed E-state index contributed by atoms with van der Waals surface area (Å²) in [6, 6.07) is 3.55. The summed E-state index contributed by atoms with van der Waals surface area (Å²) in [5, 5.41) is 13.0. The summed E-state index contributed by atoms with van der Waals surface area (Å²) in [5.74, 6) is 0. The molecule has 4 nitrogen and oxygen atoms in total. The average molecular weight is 294 g/mol. The highest BCUT2D eigenvalue weighted by molar-refractivity contribution is 5.05. The van der Waals surface area contributed by atoms with Crippen LogP contribution in [0.1, 0.15) is 53.4 Å². The van der Waals surface area contributed by atoms with Crippen LogP contribution < -0.4 is 5.32 Å². The van der Waals surface area contributed by atoms with Gasteiger partial charge in [-0.2, -0.15) is 5.26 Å². The van der Waals surface area contributed by atoms with Gasteiger partial charge < -0.3 is 4.90 Å². The van der Waals surface area contributed by atoms with E-state index in [9.17, 15) is 5.26 Å². The van der Waals surface area contributed by atoms with E-state index in [1.807, 2.05) is 6.92 Å². The first-order valence-corrected chi connectivity index (χ1v) is 8.56. The van der Waals surface area contributed by atoms with Gasteiger partial charge in [0.1, 0.15) is 5.54 Å². The van der Waals surface area contributed by atoms with Crippen LogP contribution in [0.3, 0.4) is 0 Å². The molecular weight excluding hydrogens is 260 g/mol. The van der Waals surface area contributed by atoms with Crippen LogP contribution in [-0.2, 0) is 0 Å². The summed E-state index contributed by atoms with van der Waals surface area (Å²) in [4.78, 5) is 5.08. The normalized spacial score (nSPS) is 25.8. The molecule has 0 amide bonds. The highest BCUT2D eigenvalue weighted by atomic mass is 15.2. The van der Waals surface area contributed by atoms with Crippen LogP contribution >= 0.6 is 0 Å². The van der Waals surface area contributed by atoms with Crippen LogP contribution in [-0.4, -0.2) is 60.6 Å². The first-order valence-electron chi connectivity index (χ1n) is 8.56. The molecule has 3 unspecified atom stereocenters. The predicted molar refractivity (Wildman–Crippen MR) is 89.3 cm³/mol. The quantitative estimate of drug-likeness (QED) is 0.783. The van der Waals surface area contributed by atoms with Crippen LogP contribution in [0.5, 0.6) is 0 Å². The van der Waals surface area contributed by atoms with Crippen LogP contribution in [0.15, 0.2) is 0 Å². The van der Waals surface area contributed by atoms with Gasteiger partial charge in [0, 0.05) is 18.6 Å². The number of nitrogens with one attached hydrogen (secondary N) is 1. The lowest BCUT2D eigenvalue weighted by atomic mass is 9.93. The highest BCUT2D eigenvalue weighted by Gasteiger charge is 2.32. The first-order chi connectivity index (χ1) is 9.95. The second kappa shape index (κ2) is 8.73. The summed E-state index contributed by atoms with van der Waals surface area (Å²) in [6.07, 6.45) is 4.37. The standard InChI is InChI=1S/C17H34N4/c1-6-9-19-17(4,14-18)12-15(3)21-11-8-10-20(5)13-16(21)7-2/h15-16,19H,6-13H2,1-5H3. The van der Waals surface area contributed by atoms with Gasteiger partial charge in [-0.1, -0.05) is 13.8 Å². The Morgan fingerprint density at radius 3 is 2.67 bits per heavy atom. The van der Waals surface area contributed by atoms with Crippen molar-refractivity contribution in [2.24, 2.45) is 0 Å². The molecule has 3 atom stereocenters. The molecule has 122 valence electrons. The number of nitrogens with zero attached hydrogens (tertiary/aromatic N) is 3. The van der Waals surface area contributed by atoms with Gasteiger partial charge in [0.2, 0.25) is 0 Å². The van der Waals surface area contributed by atoms with Crippen molar-refractivity contribution in [2.75, 3.05) is 33.2 Å². The predicted octanol–water partition coefficient (Wildman–Crippen LogP) is 2.46. The SMILES string of the molecule is CCCNC(C)(C#N)CC(C)N1CCCN(C)CC1CC. The molecule has 1 aliphatic heterocycles. The topological polar surface area (TPSA) is 42.3 Å². The largest absolute Gasteiger partial charge is 0.305 e. The molecule has 0 saturated carbocycles. The molecule has 0 aromatic carbocycles. The van der Waals surface area contributed by atoms with Gasteiger partial charge in [0.15, 0.2) is 0 Å². The number of nitriles is 1. The zero-order valence-electron chi connectivity index (χ0n) is 14.7. The lowest BCUT2D eigenvalue weighted by molar-refractivity contribution is 0.117. The van der Waals surface area contributed by atoms with Gasteiger partial charge in [-0.25, -0.2) is 0 Å². The summed E-state index contributed by atoms with van der Waals surface area (Å²) in [7, 11) is 2.22. The van der Waals surface area contributed by atoms with Gasteiger partial charge >= 0.3 is 0 Å². The third-order valence-electron chi connectivity index (χ3n) is 4.70. The summed E-state index contributed by atoms with van der Waals surface area (Å²) in [6.45, 7) is 13.2. The van der Waals surface area contributed by atoms with Gasteiger partial charge in [0.25, 0.3) is 0 Å². The minimum absolute atomic E-state index is 0.411. The molecule has 0 spiro atoms. The lowest BCUT2D eigenvalue weighted by Gasteiger charge is -2.38. The van der Waals surface area contributed by atoms with E-state index in [4.69, 9.17) is 0 Å². The highest BCUT2D eigenvalue weighted by Crippen LogP contribution is 2.21. The van der Waals surface area contributed by atoms with Crippen molar-refractivity contribution in [1.82, 2.24) is 15.1 Å². The molecule has 1 rings (SSSR count). The molecule has 1 N–H and O–H groups in total. The Hall–Kier alpha value is -0.630. The van der Waals surface area contributed by atoms with E-state index >= 15 is 0 Å². The zero-order chi connectivity index (χ0) is 15.9. The fourth-order valence-electron chi connectivity index (χ4n) is 3.47. The van der Waals surface area contributed by atoms with E-state index in [2.05, 4.69) is 49.0 Å². The Balaban J connectivity index is 2.70. The Labute approximate surface area is 131 Å². The van der Waals surface area contributed by atoms with E-state index in [0.717, 1.165) is 32.5 Å². The molecule has 4 heteroatoms. The molecule has 0 aliphatic carbocycles. The molecule has 0 aromatic rings. The van der Waals surface area contributed by atoms with Gasteiger partial charge in [-0.15, -0.1) is 0 Å². The molecule has 1 aliphatic rings. The summed E-state index contributed by atoms with van der Waals surface area (Å²) in [5.41, 5.74) is -0.411. The maximum absolute atomic E-state index is 9.54. The third-order valence-corrected chi connectivity index (χ3v) is 4.70. The van der Waals surface area contributed by atoms with Crippen LogP contribution in [0.4, 0.5) is 0 Å². The minimum atomic E-state index is -0.411. The van der Waals surface area contributed by atoms with Crippen LogP contribution in [0.25, 0.3) is 0 Å². The molecule has 1 heterocycles. The van der Waals surface area contributed by atoms with E-state index < -0.39 is 5.54 Å². The lowest BCUT2D eigenvalue weighted by Crippen LogP contribution is -2.51. The molecule has 21 heavy (non-hydrogen) atoms. The van der Waals surface area contributed by atoms with E-state index in [-0.39, 0.29) is 0 Å². The van der Waals surface area contributed by atoms with E-state index in [1.54, 1.807) is 0 Å². The van der Waals surface area contributed by atoms with Crippen molar-refractivity contribution in [3.63, 3.8) is 0 Å². The van der Waals surface area contributed by atoms with Gasteiger partial charge in [-0.05, 0) is 66.2 Å². The summed E-state index contributed by atoms with van der Waals surface area (Å²) >= 11 is 0. The number of hydrogen-bond acceptors (Lipinski definition) is 4. The Morgan fingerprint density at radius 2 is 2.10 bits per heavy atom. The van der Waals surface area contributed by atoms with E-state index in [0.29, 0.717) is 12.1 Å². The van der Waals surface area contributed by atoms with Crippen molar-refractivity contribution < 1.29 is 0 Å². The minimum Gasteiger partial charge on any atom is -0.305 e. The third kappa shape index (κ3) is 5.58. The molecule has 0 radical (unpaired) electrons. The van der Waals surface area contributed by atoms with Gasteiger partial charge in [-0.3, -0.25) is 10.2 Å². The molecule has 1 fully saturated rings. The molecule has 0 aromatic heterocycles. The zero-order valence-corrected chi connectivity index (χ0v) is 14.7. The monoisotopic (exact) mass is 294 g/mol. The van der Waals surface area contributed by atoms with E-state index in [1.165, 1.54) is 19.4 Å². The van der Waals surface area contributed by atoms with Crippen molar-refractivity contribution in [1.29, 1.82) is 5.26 Å². The van der Waals surface area contributed by atoms with Crippen molar-refractivity contribution in [3.05, 3.63) is 0 Å². The van der Waals surface area contributed by atoms with Crippen molar-refractivity contribution >= 4 is 0 Å². The molecule has 1 saturated heterocycles. The Morgan fingerprint density at radius 1 is 1.38 bits per heavy atom. The molecule has 0 bridgehead atoms.